The highest BCUT2D eigenvalue weighted by atomic mass is 16.7. The van der Waals surface area contributed by atoms with Crippen molar-refractivity contribution in [2.24, 2.45) is 5.92 Å². The third-order valence-corrected chi connectivity index (χ3v) is 6.70. The molecule has 0 aromatic rings. The maximum absolute atomic E-state index is 12.3. The summed E-state index contributed by atoms with van der Waals surface area (Å²) in [5.41, 5.74) is 0.897. The molecule has 176 valence electrons. The van der Waals surface area contributed by atoms with Crippen LogP contribution in [-0.2, 0) is 33.4 Å². The minimum Gasteiger partial charge on any atom is -0.378 e. The lowest BCUT2D eigenvalue weighted by atomic mass is 9.90. The summed E-state index contributed by atoms with van der Waals surface area (Å²) < 4.78 is 17.7. The molecule has 4 aliphatic heterocycles. The van der Waals surface area contributed by atoms with Crippen molar-refractivity contribution in [2.75, 3.05) is 13.2 Å². The number of nitrogens with zero attached hydrogens (tertiary/aromatic N) is 1. The largest absolute Gasteiger partial charge is 0.378 e. The van der Waals surface area contributed by atoms with Gasteiger partial charge in [-0.05, 0) is 32.1 Å². The Labute approximate surface area is 188 Å². The van der Waals surface area contributed by atoms with Gasteiger partial charge in [-0.2, -0.15) is 0 Å². The fraction of sp³-hybridized carbons (Fsp3) is 0.708. The van der Waals surface area contributed by atoms with Crippen molar-refractivity contribution in [1.82, 2.24) is 5.06 Å². The Morgan fingerprint density at radius 3 is 2.69 bits per heavy atom. The molecule has 4 fully saturated rings. The van der Waals surface area contributed by atoms with Gasteiger partial charge in [-0.25, -0.2) is 4.79 Å². The molecule has 0 aromatic carbocycles. The van der Waals surface area contributed by atoms with E-state index in [1.807, 2.05) is 6.08 Å². The van der Waals surface area contributed by atoms with Crippen LogP contribution in [0.3, 0.4) is 0 Å². The Morgan fingerprint density at radius 2 is 2.00 bits per heavy atom. The highest BCUT2D eigenvalue weighted by Crippen LogP contribution is 2.43. The molecule has 8 heteroatoms. The third kappa shape index (κ3) is 5.85. The molecule has 4 rings (SSSR count). The van der Waals surface area contributed by atoms with Crippen LogP contribution in [0, 0.1) is 5.92 Å². The normalized spacial score (nSPS) is 35.7. The number of rotatable bonds is 7. The van der Waals surface area contributed by atoms with E-state index in [1.54, 1.807) is 0 Å². The fourth-order valence-electron chi connectivity index (χ4n) is 4.68. The Morgan fingerprint density at radius 1 is 1.25 bits per heavy atom. The smallest absolute Gasteiger partial charge is 0.335 e. The quantitative estimate of drug-likeness (QED) is 0.336. The van der Waals surface area contributed by atoms with E-state index in [4.69, 9.17) is 19.0 Å². The van der Waals surface area contributed by atoms with Gasteiger partial charge in [0.05, 0.1) is 36.9 Å². The van der Waals surface area contributed by atoms with Crippen molar-refractivity contribution in [1.29, 1.82) is 0 Å². The van der Waals surface area contributed by atoms with Crippen LogP contribution in [0.2, 0.25) is 0 Å². The number of carbonyl (C=O) groups excluding carboxylic acids is 3. The number of hydrogen-bond acceptors (Lipinski definition) is 7. The van der Waals surface area contributed by atoms with Gasteiger partial charge in [-0.15, -0.1) is 5.06 Å². The van der Waals surface area contributed by atoms with E-state index >= 15 is 0 Å². The Balaban J connectivity index is 1.29. The molecule has 1 unspecified atom stereocenters. The number of allylic oxidation sites excluding steroid dienone is 2. The number of hydroxylamine groups is 2. The van der Waals surface area contributed by atoms with Gasteiger partial charge < -0.3 is 19.0 Å². The van der Waals surface area contributed by atoms with Crippen molar-refractivity contribution >= 4 is 17.8 Å². The van der Waals surface area contributed by atoms with E-state index in [0.717, 1.165) is 31.4 Å². The summed E-state index contributed by atoms with van der Waals surface area (Å²) in [5.74, 6) is -1.02. The molecule has 0 aromatic heterocycles. The van der Waals surface area contributed by atoms with Gasteiger partial charge in [-0.3, -0.25) is 9.59 Å². The molecule has 1 spiro atoms. The molecule has 0 radical (unpaired) electrons. The second-order valence-electron chi connectivity index (χ2n) is 9.50. The van der Waals surface area contributed by atoms with Crippen molar-refractivity contribution < 1.29 is 33.4 Å². The number of ether oxygens (including phenoxy) is 3. The molecule has 32 heavy (non-hydrogen) atoms. The van der Waals surface area contributed by atoms with Crippen molar-refractivity contribution in [3.8, 4) is 0 Å². The molecular weight excluding hydrogens is 414 g/mol. The number of epoxide rings is 1. The van der Waals surface area contributed by atoms with E-state index < -0.39 is 17.8 Å². The number of carbonyl (C=O) groups is 3. The monoisotopic (exact) mass is 447 g/mol. The lowest BCUT2D eigenvalue weighted by Crippen LogP contribution is -2.40. The first-order valence-electron chi connectivity index (χ1n) is 11.7. The second-order valence-corrected chi connectivity index (χ2v) is 9.50. The van der Waals surface area contributed by atoms with Crippen LogP contribution >= 0.6 is 0 Å². The highest BCUT2D eigenvalue weighted by Gasteiger charge is 2.51. The van der Waals surface area contributed by atoms with E-state index in [9.17, 15) is 14.4 Å². The zero-order valence-electron chi connectivity index (χ0n) is 18.9. The molecular formula is C24H33NO7. The minimum atomic E-state index is -0.642. The SMILES string of the molecule is CC(/C=C/[C@@H]1CC2(CO2)C[C@@H](CC(=O)ON2C(=O)CCC2=O)O1)=C\C[C@@H]1OCCC[C@@H]1C. The standard InChI is InChI=1S/C24H33NO7/c1-16(6-8-20-17(2)4-3-11-29-20)5-7-18-13-24(15-30-24)14-19(31-18)12-23(28)32-25-21(26)9-10-22(25)27/h5-7,17-20H,3-4,8-15H2,1-2H3/b7-5+,16-6+/t17-,18+,19+,20-,24?/m0/s1. The minimum absolute atomic E-state index is 0.0295. The summed E-state index contributed by atoms with van der Waals surface area (Å²) in [4.78, 5) is 40.6. The lowest BCUT2D eigenvalue weighted by Gasteiger charge is -2.32. The first-order chi connectivity index (χ1) is 15.3. The van der Waals surface area contributed by atoms with Gasteiger partial charge in [0.1, 0.15) is 0 Å². The van der Waals surface area contributed by atoms with E-state index in [1.165, 1.54) is 6.42 Å². The maximum Gasteiger partial charge on any atom is 0.335 e. The predicted octanol–water partition coefficient (Wildman–Crippen LogP) is 3.01. The van der Waals surface area contributed by atoms with Gasteiger partial charge in [-0.1, -0.05) is 30.7 Å². The van der Waals surface area contributed by atoms with Crippen molar-refractivity contribution in [3.05, 3.63) is 23.8 Å². The van der Waals surface area contributed by atoms with Crippen LogP contribution in [0.1, 0.15) is 65.2 Å². The molecule has 2 amide bonds. The molecule has 8 nitrogen and oxygen atoms in total. The number of hydrogen-bond donors (Lipinski definition) is 0. The average Bonchev–Trinajstić information content (AvgIpc) is 3.42. The summed E-state index contributed by atoms with van der Waals surface area (Å²) in [7, 11) is 0. The first kappa shape index (κ1) is 23.1. The van der Waals surface area contributed by atoms with Crippen LogP contribution in [0.4, 0.5) is 0 Å². The summed E-state index contributed by atoms with van der Waals surface area (Å²) in [6.45, 7) is 5.81. The second kappa shape index (κ2) is 9.85. The molecule has 0 saturated carbocycles. The molecule has 0 N–H and O–H groups in total. The van der Waals surface area contributed by atoms with E-state index in [2.05, 4.69) is 26.0 Å². The predicted molar refractivity (Wildman–Crippen MR) is 114 cm³/mol. The molecule has 4 heterocycles. The Bertz CT molecular complexity index is 784. The van der Waals surface area contributed by atoms with Crippen LogP contribution in [0.15, 0.2) is 23.8 Å². The highest BCUT2D eigenvalue weighted by molar-refractivity contribution is 6.01. The van der Waals surface area contributed by atoms with Crippen LogP contribution in [0.5, 0.6) is 0 Å². The molecule has 5 atom stereocenters. The first-order valence-corrected chi connectivity index (χ1v) is 11.7. The van der Waals surface area contributed by atoms with Gasteiger partial charge in [0, 0.05) is 32.3 Å². The van der Waals surface area contributed by atoms with Crippen LogP contribution in [-0.4, -0.2) is 60.0 Å². The number of imide groups is 1. The summed E-state index contributed by atoms with van der Waals surface area (Å²) >= 11 is 0. The molecule has 4 aliphatic rings. The number of amides is 2. The average molecular weight is 448 g/mol. The topological polar surface area (TPSA) is 94.7 Å². The van der Waals surface area contributed by atoms with Crippen molar-refractivity contribution in [2.45, 2.75) is 89.1 Å². The molecule has 4 saturated heterocycles. The Hall–Kier alpha value is -2.03. The van der Waals surface area contributed by atoms with Crippen molar-refractivity contribution in [3.63, 3.8) is 0 Å². The summed E-state index contributed by atoms with van der Waals surface area (Å²) in [6, 6.07) is 0. The van der Waals surface area contributed by atoms with Gasteiger partial charge in [0.2, 0.25) is 0 Å². The molecule has 0 aliphatic carbocycles. The van der Waals surface area contributed by atoms with Gasteiger partial charge in [0.15, 0.2) is 0 Å². The van der Waals surface area contributed by atoms with E-state index in [-0.39, 0.29) is 43.2 Å². The summed E-state index contributed by atoms with van der Waals surface area (Å²) in [6.07, 6.45) is 10.7. The van der Waals surface area contributed by atoms with Gasteiger partial charge in [0.25, 0.3) is 11.8 Å². The third-order valence-electron chi connectivity index (χ3n) is 6.70. The summed E-state index contributed by atoms with van der Waals surface area (Å²) in [5, 5.41) is 0.580. The molecule has 0 bridgehead atoms. The zero-order chi connectivity index (χ0) is 22.7. The van der Waals surface area contributed by atoms with Crippen LogP contribution in [0.25, 0.3) is 0 Å². The maximum atomic E-state index is 12.3. The van der Waals surface area contributed by atoms with E-state index in [0.29, 0.717) is 24.0 Å². The Kier molecular flexibility index (Phi) is 7.12. The fourth-order valence-corrected chi connectivity index (χ4v) is 4.68. The van der Waals surface area contributed by atoms with Gasteiger partial charge >= 0.3 is 5.97 Å². The lowest BCUT2D eigenvalue weighted by molar-refractivity contribution is -0.200. The zero-order valence-corrected chi connectivity index (χ0v) is 18.9. The van der Waals surface area contributed by atoms with Crippen LogP contribution < -0.4 is 0 Å².